The van der Waals surface area contributed by atoms with Crippen LogP contribution < -0.4 is 0 Å². The Kier molecular flexibility index (Phi) is 11.3. The third-order valence-corrected chi connectivity index (χ3v) is 4.49. The van der Waals surface area contributed by atoms with E-state index in [1.807, 2.05) is 27.7 Å². The maximum Gasteiger partial charge on any atom is 0.0855 e. The predicted octanol–water partition coefficient (Wildman–Crippen LogP) is 4.34. The molecule has 138 valence electrons. The smallest absolute Gasteiger partial charge is 0.0855 e. The molecule has 2 atom stereocenters. The Hall–Kier alpha value is -0.160. The average Bonchev–Trinajstić information content (AvgIpc) is 2.47. The van der Waals surface area contributed by atoms with Crippen LogP contribution in [0.4, 0.5) is 0 Å². The van der Waals surface area contributed by atoms with Crippen molar-refractivity contribution in [1.82, 2.24) is 0 Å². The Morgan fingerprint density at radius 1 is 0.652 bits per heavy atom. The van der Waals surface area contributed by atoms with Crippen molar-refractivity contribution in [3.05, 3.63) is 13.2 Å². The summed E-state index contributed by atoms with van der Waals surface area (Å²) in [4.78, 5) is 0. The molecular weight excluding hydrogens is 292 g/mol. The van der Waals surface area contributed by atoms with Gasteiger partial charge in [-0.25, -0.2) is 0 Å². The van der Waals surface area contributed by atoms with Crippen LogP contribution in [0.1, 0.15) is 85.5 Å². The summed E-state index contributed by atoms with van der Waals surface area (Å²) in [7, 11) is 0. The zero-order chi connectivity index (χ0) is 17.9. The second kappa shape index (κ2) is 11.4. The van der Waals surface area contributed by atoms with Crippen LogP contribution >= 0.6 is 0 Å². The predicted molar refractivity (Wildman–Crippen MR) is 93.6 cm³/mol. The number of hydrogen-bond donors (Lipinski definition) is 4. The molecule has 0 aliphatic heterocycles. The lowest BCUT2D eigenvalue weighted by Crippen LogP contribution is -2.15. The number of aliphatic hydroxyl groups excluding tert-OH is 4. The highest BCUT2D eigenvalue weighted by Gasteiger charge is 2.18. The van der Waals surface area contributed by atoms with Crippen molar-refractivity contribution in [2.24, 2.45) is 10.8 Å². The first kappa shape index (κ1) is 22.8. The summed E-state index contributed by atoms with van der Waals surface area (Å²) in [5.41, 5.74) is -0.370. The normalized spacial score (nSPS) is 15.7. The molecule has 0 aromatic rings. The molecule has 23 heavy (non-hydrogen) atoms. The van der Waals surface area contributed by atoms with Crippen molar-refractivity contribution in [1.29, 1.82) is 0 Å². The van der Waals surface area contributed by atoms with Gasteiger partial charge in [0.25, 0.3) is 0 Å². The first-order valence-corrected chi connectivity index (χ1v) is 8.95. The van der Waals surface area contributed by atoms with Gasteiger partial charge in [0, 0.05) is 0 Å². The van der Waals surface area contributed by atoms with Gasteiger partial charge in [-0.1, -0.05) is 40.5 Å². The minimum atomic E-state index is -0.320. The highest BCUT2D eigenvalue weighted by molar-refractivity contribution is 4.77. The molecule has 0 aromatic heterocycles. The molecule has 0 fully saturated rings. The lowest BCUT2D eigenvalue weighted by atomic mass is 9.87. The third kappa shape index (κ3) is 12.9. The maximum atomic E-state index is 9.96. The van der Waals surface area contributed by atoms with Gasteiger partial charge in [0.15, 0.2) is 0 Å². The summed E-state index contributed by atoms with van der Waals surface area (Å²) in [6.45, 7) is 10.4. The van der Waals surface area contributed by atoms with E-state index in [4.69, 9.17) is 10.2 Å². The standard InChI is InChI=1S/C19H38O4/c1-18(2,14-20)12-6-10-16(22)8-5-9-17(23)11-7-13-19(3,4)15-21/h14-17,20-23H,5-13H2,1-4H3. The fraction of sp³-hybridized carbons (Fsp3) is 0.895. The molecule has 0 saturated carbocycles. The molecule has 0 saturated heterocycles. The van der Waals surface area contributed by atoms with E-state index in [1.165, 1.54) is 13.2 Å². The quantitative estimate of drug-likeness (QED) is 0.382. The van der Waals surface area contributed by atoms with E-state index in [0.717, 1.165) is 57.8 Å². The Balaban J connectivity index is 3.65. The van der Waals surface area contributed by atoms with Crippen molar-refractivity contribution in [3.8, 4) is 0 Å². The molecule has 0 amide bonds. The third-order valence-electron chi connectivity index (χ3n) is 4.49. The van der Waals surface area contributed by atoms with E-state index in [9.17, 15) is 10.2 Å². The monoisotopic (exact) mass is 330 g/mol. The highest BCUT2D eigenvalue weighted by atomic mass is 16.3. The largest absolute Gasteiger partial charge is 0.393 e. The van der Waals surface area contributed by atoms with Crippen molar-refractivity contribution in [2.75, 3.05) is 0 Å². The number of aliphatic hydroxyl groups is 4. The van der Waals surface area contributed by atoms with Crippen LogP contribution in [0, 0.1) is 24.0 Å². The van der Waals surface area contributed by atoms with Gasteiger partial charge in [0.1, 0.15) is 0 Å². The first-order chi connectivity index (χ1) is 10.6. The Bertz CT molecular complexity index is 261. The molecule has 0 aliphatic carbocycles. The Morgan fingerprint density at radius 3 is 1.26 bits per heavy atom. The molecule has 0 rings (SSSR count). The van der Waals surface area contributed by atoms with Crippen molar-refractivity contribution in [3.63, 3.8) is 0 Å². The lowest BCUT2D eigenvalue weighted by molar-refractivity contribution is 0.115. The number of hydrogen-bond acceptors (Lipinski definition) is 4. The Morgan fingerprint density at radius 2 is 0.957 bits per heavy atom. The van der Waals surface area contributed by atoms with Crippen LogP contribution in [0.25, 0.3) is 0 Å². The van der Waals surface area contributed by atoms with Crippen molar-refractivity contribution in [2.45, 2.75) is 97.7 Å². The van der Waals surface area contributed by atoms with Crippen LogP contribution in [-0.2, 0) is 0 Å². The van der Waals surface area contributed by atoms with Crippen LogP contribution in [0.5, 0.6) is 0 Å². The van der Waals surface area contributed by atoms with E-state index in [0.29, 0.717) is 0 Å². The summed E-state index contributed by atoms with van der Waals surface area (Å²) in [5, 5.41) is 38.1. The fourth-order valence-electron chi connectivity index (χ4n) is 2.59. The van der Waals surface area contributed by atoms with Crippen LogP contribution in [0.15, 0.2) is 0 Å². The minimum Gasteiger partial charge on any atom is -0.393 e. The maximum absolute atomic E-state index is 9.96. The highest BCUT2D eigenvalue weighted by Crippen LogP contribution is 2.27. The van der Waals surface area contributed by atoms with E-state index in [1.54, 1.807) is 0 Å². The molecule has 4 N–H and O–H groups in total. The summed E-state index contributed by atoms with van der Waals surface area (Å²) in [6, 6.07) is 0. The Labute approximate surface area is 142 Å². The molecule has 0 heterocycles. The van der Waals surface area contributed by atoms with Crippen LogP contribution in [0.3, 0.4) is 0 Å². The fourth-order valence-corrected chi connectivity index (χ4v) is 2.59. The first-order valence-electron chi connectivity index (χ1n) is 8.95. The zero-order valence-electron chi connectivity index (χ0n) is 15.5. The second-order valence-electron chi connectivity index (χ2n) is 8.26. The average molecular weight is 331 g/mol. The molecule has 4 heteroatoms. The molecule has 0 aromatic carbocycles. The van der Waals surface area contributed by atoms with Gasteiger partial charge >= 0.3 is 0 Å². The van der Waals surface area contributed by atoms with E-state index >= 15 is 0 Å². The SMILES string of the molecule is CC(C)([CH]O)CCCC(O)CCCC(O)CCCC(C)(C)[CH]O. The molecule has 4 nitrogen and oxygen atoms in total. The summed E-state index contributed by atoms with van der Waals surface area (Å²) in [6.07, 6.45) is 6.61. The van der Waals surface area contributed by atoms with Crippen LogP contribution in [-0.4, -0.2) is 32.6 Å². The van der Waals surface area contributed by atoms with E-state index < -0.39 is 0 Å². The zero-order valence-corrected chi connectivity index (χ0v) is 15.5. The summed E-state index contributed by atoms with van der Waals surface area (Å²) < 4.78 is 0. The summed E-state index contributed by atoms with van der Waals surface area (Å²) >= 11 is 0. The van der Waals surface area contributed by atoms with Gasteiger partial charge in [-0.05, 0) is 55.8 Å². The van der Waals surface area contributed by atoms with Gasteiger partial charge in [-0.2, -0.15) is 0 Å². The van der Waals surface area contributed by atoms with E-state index in [-0.39, 0.29) is 23.0 Å². The molecular formula is C19H38O4. The molecule has 0 bridgehead atoms. The van der Waals surface area contributed by atoms with Crippen molar-refractivity contribution < 1.29 is 20.4 Å². The number of rotatable bonds is 14. The van der Waals surface area contributed by atoms with Crippen LogP contribution in [0.2, 0.25) is 0 Å². The lowest BCUT2D eigenvalue weighted by Gasteiger charge is -2.22. The minimum absolute atomic E-state index is 0.185. The van der Waals surface area contributed by atoms with Gasteiger partial charge in [0.05, 0.1) is 25.4 Å². The summed E-state index contributed by atoms with van der Waals surface area (Å²) in [5.74, 6) is 0. The molecule has 2 unspecified atom stereocenters. The van der Waals surface area contributed by atoms with Gasteiger partial charge in [0.2, 0.25) is 0 Å². The second-order valence-corrected chi connectivity index (χ2v) is 8.26. The van der Waals surface area contributed by atoms with Crippen molar-refractivity contribution >= 4 is 0 Å². The van der Waals surface area contributed by atoms with Gasteiger partial charge in [-0.15, -0.1) is 0 Å². The van der Waals surface area contributed by atoms with E-state index in [2.05, 4.69) is 0 Å². The topological polar surface area (TPSA) is 80.9 Å². The molecule has 2 radical (unpaired) electrons. The molecule has 0 aliphatic rings. The van der Waals surface area contributed by atoms with Gasteiger partial charge in [-0.3, -0.25) is 0 Å². The van der Waals surface area contributed by atoms with Gasteiger partial charge < -0.3 is 20.4 Å². The molecule has 0 spiro atoms.